The molecule has 0 aliphatic carbocycles. The van der Waals surface area contributed by atoms with Crippen LogP contribution >= 0.6 is 23.2 Å². The van der Waals surface area contributed by atoms with E-state index in [1.807, 2.05) is 24.3 Å². The number of hydrogen-bond donors (Lipinski definition) is 1. The van der Waals surface area contributed by atoms with Crippen LogP contribution < -0.4 is 10.1 Å². The van der Waals surface area contributed by atoms with Crippen LogP contribution in [0.4, 0.5) is 5.69 Å². The second-order valence-electron chi connectivity index (χ2n) is 4.84. The minimum absolute atomic E-state index is 0.372. The molecule has 0 saturated carbocycles. The summed E-state index contributed by atoms with van der Waals surface area (Å²) in [4.78, 5) is 0. The van der Waals surface area contributed by atoms with E-state index in [-0.39, 0.29) is 0 Å². The van der Waals surface area contributed by atoms with Gasteiger partial charge < -0.3 is 10.1 Å². The summed E-state index contributed by atoms with van der Waals surface area (Å²) >= 11 is 12.0. The van der Waals surface area contributed by atoms with Crippen LogP contribution in [0.25, 0.3) is 6.08 Å². The summed E-state index contributed by atoms with van der Waals surface area (Å²) in [5, 5.41) is 13.3. The van der Waals surface area contributed by atoms with Gasteiger partial charge in [-0.25, -0.2) is 0 Å². The molecule has 5 heteroatoms. The number of halogens is 2. The smallest absolute Gasteiger partial charge is 0.119 e. The van der Waals surface area contributed by atoms with E-state index in [1.165, 1.54) is 0 Å². The van der Waals surface area contributed by atoms with Crippen molar-refractivity contribution >= 4 is 35.0 Å². The molecule has 0 unspecified atom stereocenters. The number of nitriles is 1. The van der Waals surface area contributed by atoms with Crippen LogP contribution in [0, 0.1) is 11.3 Å². The Morgan fingerprint density at radius 2 is 1.96 bits per heavy atom. The predicted octanol–water partition coefficient (Wildman–Crippen LogP) is 5.76. The molecule has 0 fully saturated rings. The lowest BCUT2D eigenvalue weighted by Gasteiger charge is -2.08. The van der Waals surface area contributed by atoms with Crippen molar-refractivity contribution < 1.29 is 4.74 Å². The first-order valence-corrected chi connectivity index (χ1v) is 7.94. The van der Waals surface area contributed by atoms with Crippen LogP contribution in [0.2, 0.25) is 10.0 Å². The topological polar surface area (TPSA) is 45.0 Å². The fraction of sp³-hybridized carbons (Fsp3) is 0.167. The summed E-state index contributed by atoms with van der Waals surface area (Å²) in [5.74, 6) is 0.813. The number of benzene rings is 2. The summed E-state index contributed by atoms with van der Waals surface area (Å²) in [6, 6.07) is 14.7. The number of allylic oxidation sites excluding steroid dienone is 1. The lowest BCUT2D eigenvalue weighted by atomic mass is 10.2. The van der Waals surface area contributed by atoms with Crippen molar-refractivity contribution in [2.75, 3.05) is 11.9 Å². The molecule has 0 atom stereocenters. The van der Waals surface area contributed by atoms with E-state index >= 15 is 0 Å². The molecule has 0 aromatic heterocycles. The van der Waals surface area contributed by atoms with Gasteiger partial charge in [0.25, 0.3) is 0 Å². The van der Waals surface area contributed by atoms with E-state index in [4.69, 9.17) is 27.9 Å². The Hall–Kier alpha value is -2.15. The van der Waals surface area contributed by atoms with Gasteiger partial charge in [0, 0.05) is 5.02 Å². The minimum atomic E-state index is 0.372. The van der Waals surface area contributed by atoms with E-state index in [9.17, 15) is 5.26 Å². The highest BCUT2D eigenvalue weighted by molar-refractivity contribution is 6.35. The zero-order valence-corrected chi connectivity index (χ0v) is 14.2. The normalized spacial score (nSPS) is 11.0. The number of rotatable bonds is 6. The standard InChI is InChI=1S/C18H16Cl2N2O/c1-2-9-23-16-6-3-13(4-7-16)10-15(12-21)22-18-11-14(19)5-8-17(18)20/h3-8,10-11,22H,2,9H2,1H3. The van der Waals surface area contributed by atoms with Crippen molar-refractivity contribution in [3.05, 3.63) is 63.8 Å². The fourth-order valence-electron chi connectivity index (χ4n) is 1.88. The highest BCUT2D eigenvalue weighted by Gasteiger charge is 2.04. The van der Waals surface area contributed by atoms with Gasteiger partial charge in [0.1, 0.15) is 17.5 Å². The molecule has 0 radical (unpaired) electrons. The van der Waals surface area contributed by atoms with Crippen molar-refractivity contribution in [3.63, 3.8) is 0 Å². The quantitative estimate of drug-likeness (QED) is 0.676. The molecule has 3 nitrogen and oxygen atoms in total. The highest BCUT2D eigenvalue weighted by atomic mass is 35.5. The monoisotopic (exact) mass is 346 g/mol. The third kappa shape index (κ3) is 5.21. The molecule has 2 aromatic rings. The molecule has 0 heterocycles. The average Bonchev–Trinajstić information content (AvgIpc) is 2.56. The Balaban J connectivity index is 2.15. The number of anilines is 1. The molecule has 2 rings (SSSR count). The first kappa shape index (κ1) is 17.2. The van der Waals surface area contributed by atoms with Crippen LogP contribution in [-0.4, -0.2) is 6.61 Å². The summed E-state index contributed by atoms with van der Waals surface area (Å²) in [5.41, 5.74) is 1.85. The van der Waals surface area contributed by atoms with Gasteiger partial charge >= 0.3 is 0 Å². The van der Waals surface area contributed by atoms with Gasteiger partial charge in [-0.3, -0.25) is 0 Å². The van der Waals surface area contributed by atoms with Gasteiger partial charge in [0.05, 0.1) is 17.3 Å². The maximum Gasteiger partial charge on any atom is 0.119 e. The third-order valence-corrected chi connectivity index (χ3v) is 3.55. The van der Waals surface area contributed by atoms with Gasteiger partial charge in [-0.1, -0.05) is 42.3 Å². The van der Waals surface area contributed by atoms with Gasteiger partial charge in [-0.15, -0.1) is 0 Å². The summed E-state index contributed by atoms with van der Waals surface area (Å²) in [7, 11) is 0. The molecule has 23 heavy (non-hydrogen) atoms. The van der Waals surface area contributed by atoms with Crippen LogP contribution in [0.5, 0.6) is 5.75 Å². The molecule has 0 aliphatic rings. The average molecular weight is 347 g/mol. The number of nitrogens with one attached hydrogen (secondary N) is 1. The number of hydrogen-bond acceptors (Lipinski definition) is 3. The molecule has 0 saturated heterocycles. The summed E-state index contributed by atoms with van der Waals surface area (Å²) < 4.78 is 5.53. The molecule has 0 bridgehead atoms. The molecule has 0 aliphatic heterocycles. The van der Waals surface area contributed by atoms with Gasteiger partial charge in [-0.2, -0.15) is 5.26 Å². The van der Waals surface area contributed by atoms with Crippen LogP contribution in [-0.2, 0) is 0 Å². The Morgan fingerprint density at radius 1 is 1.22 bits per heavy atom. The molecular weight excluding hydrogens is 331 g/mol. The van der Waals surface area contributed by atoms with E-state index in [0.29, 0.717) is 28.0 Å². The van der Waals surface area contributed by atoms with Crippen molar-refractivity contribution in [1.82, 2.24) is 0 Å². The largest absolute Gasteiger partial charge is 0.494 e. The minimum Gasteiger partial charge on any atom is -0.494 e. The molecule has 0 spiro atoms. The van der Waals surface area contributed by atoms with E-state index < -0.39 is 0 Å². The van der Waals surface area contributed by atoms with Crippen molar-refractivity contribution in [2.24, 2.45) is 0 Å². The van der Waals surface area contributed by atoms with Crippen LogP contribution in [0.3, 0.4) is 0 Å². The van der Waals surface area contributed by atoms with Crippen molar-refractivity contribution in [2.45, 2.75) is 13.3 Å². The number of nitrogens with zero attached hydrogens (tertiary/aromatic N) is 1. The zero-order valence-electron chi connectivity index (χ0n) is 12.6. The SMILES string of the molecule is CCCOc1ccc(C=C(C#N)Nc2cc(Cl)ccc2Cl)cc1. The first-order valence-electron chi connectivity index (χ1n) is 7.19. The predicted molar refractivity (Wildman–Crippen MR) is 95.9 cm³/mol. The lowest BCUT2D eigenvalue weighted by Crippen LogP contribution is -1.98. The third-order valence-electron chi connectivity index (χ3n) is 2.98. The highest BCUT2D eigenvalue weighted by Crippen LogP contribution is 2.27. The number of ether oxygens (including phenoxy) is 1. The Morgan fingerprint density at radius 3 is 2.61 bits per heavy atom. The van der Waals surface area contributed by atoms with Crippen LogP contribution in [0.1, 0.15) is 18.9 Å². The maximum atomic E-state index is 9.30. The van der Waals surface area contributed by atoms with Crippen LogP contribution in [0.15, 0.2) is 48.2 Å². The zero-order chi connectivity index (χ0) is 16.7. The fourth-order valence-corrected chi connectivity index (χ4v) is 2.22. The van der Waals surface area contributed by atoms with Gasteiger partial charge in [0.15, 0.2) is 0 Å². The molecule has 118 valence electrons. The second kappa shape index (κ2) is 8.47. The Labute approximate surface area is 146 Å². The molecule has 2 aromatic carbocycles. The maximum absolute atomic E-state index is 9.30. The lowest BCUT2D eigenvalue weighted by molar-refractivity contribution is 0.317. The first-order chi connectivity index (χ1) is 11.1. The van der Waals surface area contributed by atoms with Gasteiger partial charge in [0.2, 0.25) is 0 Å². The Kier molecular flexibility index (Phi) is 6.34. The van der Waals surface area contributed by atoms with E-state index in [2.05, 4.69) is 18.3 Å². The summed E-state index contributed by atoms with van der Waals surface area (Å²) in [6.07, 6.45) is 2.70. The molecule has 0 amide bonds. The van der Waals surface area contributed by atoms with Gasteiger partial charge in [-0.05, 0) is 48.4 Å². The van der Waals surface area contributed by atoms with Crippen molar-refractivity contribution in [3.8, 4) is 11.8 Å². The van der Waals surface area contributed by atoms with E-state index in [1.54, 1.807) is 24.3 Å². The molecule has 1 N–H and O–H groups in total. The molecular formula is C18H16Cl2N2O. The van der Waals surface area contributed by atoms with E-state index in [0.717, 1.165) is 17.7 Å². The van der Waals surface area contributed by atoms with Crippen molar-refractivity contribution in [1.29, 1.82) is 5.26 Å². The second-order valence-corrected chi connectivity index (χ2v) is 5.68. The summed E-state index contributed by atoms with van der Waals surface area (Å²) in [6.45, 7) is 2.75. The Bertz CT molecular complexity index is 734.